The number of aryl methyl sites for hydroxylation is 2. The van der Waals surface area contributed by atoms with E-state index in [0.717, 1.165) is 22.5 Å². The molecule has 7 heteroatoms. The first kappa shape index (κ1) is 22.9. The molecule has 2 aromatic carbocycles. The maximum absolute atomic E-state index is 12.5. The van der Waals surface area contributed by atoms with Gasteiger partial charge in [-0.3, -0.25) is 4.79 Å². The average Bonchev–Trinajstić information content (AvgIpc) is 2.78. The highest BCUT2D eigenvalue weighted by atomic mass is 32.2. The summed E-state index contributed by atoms with van der Waals surface area (Å²) in [5.74, 6) is -0.0485. The number of hydrogen-bond donors (Lipinski definition) is 1. The van der Waals surface area contributed by atoms with Crippen molar-refractivity contribution >= 4 is 17.7 Å². The van der Waals surface area contributed by atoms with Crippen molar-refractivity contribution in [2.45, 2.75) is 37.6 Å². The monoisotopic (exact) mass is 436 g/mol. The van der Waals surface area contributed by atoms with Gasteiger partial charge in [-0.15, -0.1) is 10.2 Å². The van der Waals surface area contributed by atoms with E-state index in [1.807, 2.05) is 31.2 Å². The SMILES string of the molecule is CC[C@H](Sc1nnc(-c2ccc(C)cc2)c(-c2ccc(C)cc2)n1)C(=O)NCCOC. The van der Waals surface area contributed by atoms with E-state index in [-0.39, 0.29) is 11.2 Å². The Hall–Kier alpha value is -2.77. The summed E-state index contributed by atoms with van der Waals surface area (Å²) in [7, 11) is 1.61. The van der Waals surface area contributed by atoms with Gasteiger partial charge in [-0.2, -0.15) is 0 Å². The fourth-order valence-electron chi connectivity index (χ4n) is 3.02. The van der Waals surface area contributed by atoms with Gasteiger partial charge in [0.1, 0.15) is 11.4 Å². The van der Waals surface area contributed by atoms with Gasteiger partial charge < -0.3 is 10.1 Å². The summed E-state index contributed by atoms with van der Waals surface area (Å²) in [5, 5.41) is 11.9. The predicted molar refractivity (Wildman–Crippen MR) is 125 cm³/mol. The van der Waals surface area contributed by atoms with Crippen molar-refractivity contribution in [3.05, 3.63) is 59.7 Å². The van der Waals surface area contributed by atoms with Gasteiger partial charge >= 0.3 is 0 Å². The summed E-state index contributed by atoms with van der Waals surface area (Å²) in [4.78, 5) is 17.3. The number of aromatic nitrogens is 3. The number of methoxy groups -OCH3 is 1. The van der Waals surface area contributed by atoms with Crippen molar-refractivity contribution in [3.8, 4) is 22.5 Å². The highest BCUT2D eigenvalue weighted by Gasteiger charge is 2.21. The number of ether oxygens (including phenoxy) is 1. The van der Waals surface area contributed by atoms with Crippen LogP contribution in [0.3, 0.4) is 0 Å². The molecule has 31 heavy (non-hydrogen) atoms. The van der Waals surface area contributed by atoms with E-state index >= 15 is 0 Å². The minimum atomic E-state index is -0.297. The lowest BCUT2D eigenvalue weighted by Gasteiger charge is -2.15. The molecule has 0 fully saturated rings. The Bertz CT molecular complexity index is 1010. The van der Waals surface area contributed by atoms with E-state index in [9.17, 15) is 4.79 Å². The molecule has 1 heterocycles. The number of thioether (sulfide) groups is 1. The molecule has 6 nitrogen and oxygen atoms in total. The lowest BCUT2D eigenvalue weighted by Crippen LogP contribution is -2.34. The van der Waals surface area contributed by atoms with Gasteiger partial charge in [-0.25, -0.2) is 4.98 Å². The zero-order valence-electron chi connectivity index (χ0n) is 18.4. The zero-order valence-corrected chi connectivity index (χ0v) is 19.2. The van der Waals surface area contributed by atoms with Gasteiger partial charge in [0.25, 0.3) is 0 Å². The lowest BCUT2D eigenvalue weighted by atomic mass is 10.0. The van der Waals surface area contributed by atoms with Gasteiger partial charge in [0, 0.05) is 24.8 Å². The smallest absolute Gasteiger partial charge is 0.233 e. The zero-order chi connectivity index (χ0) is 22.2. The molecule has 162 valence electrons. The molecule has 0 radical (unpaired) electrons. The Morgan fingerprint density at radius 1 is 0.968 bits per heavy atom. The Kier molecular flexibility index (Phi) is 8.14. The van der Waals surface area contributed by atoms with E-state index in [1.54, 1.807) is 7.11 Å². The second-order valence-corrected chi connectivity index (χ2v) is 8.49. The molecule has 1 amide bonds. The molecule has 0 saturated heterocycles. The van der Waals surface area contributed by atoms with Gasteiger partial charge in [0.15, 0.2) is 0 Å². The van der Waals surface area contributed by atoms with E-state index in [4.69, 9.17) is 9.72 Å². The van der Waals surface area contributed by atoms with Crippen LogP contribution in [0.4, 0.5) is 0 Å². The van der Waals surface area contributed by atoms with E-state index in [1.165, 1.54) is 22.9 Å². The molecule has 3 rings (SSSR count). The first-order valence-electron chi connectivity index (χ1n) is 10.3. The van der Waals surface area contributed by atoms with E-state index in [0.29, 0.717) is 24.7 Å². The molecule has 0 bridgehead atoms. The molecule has 0 aliphatic carbocycles. The maximum Gasteiger partial charge on any atom is 0.233 e. The third kappa shape index (κ3) is 6.12. The number of hydrogen-bond acceptors (Lipinski definition) is 6. The highest BCUT2D eigenvalue weighted by Crippen LogP contribution is 2.31. The van der Waals surface area contributed by atoms with Gasteiger partial charge in [0.05, 0.1) is 11.9 Å². The van der Waals surface area contributed by atoms with Crippen LogP contribution in [0.5, 0.6) is 0 Å². The molecule has 3 aromatic rings. The first-order valence-corrected chi connectivity index (χ1v) is 11.2. The second-order valence-electron chi connectivity index (χ2n) is 7.32. The van der Waals surface area contributed by atoms with Crippen LogP contribution in [0.2, 0.25) is 0 Å². The van der Waals surface area contributed by atoms with Crippen LogP contribution in [0.15, 0.2) is 53.7 Å². The molecule has 0 aliphatic heterocycles. The second kappa shape index (κ2) is 11.0. The van der Waals surface area contributed by atoms with Crippen molar-refractivity contribution in [3.63, 3.8) is 0 Å². The normalized spacial score (nSPS) is 11.9. The Morgan fingerprint density at radius 3 is 2.10 bits per heavy atom. The molecule has 0 spiro atoms. The minimum Gasteiger partial charge on any atom is -0.383 e. The van der Waals surface area contributed by atoms with Crippen LogP contribution in [0, 0.1) is 13.8 Å². The molecule has 0 aliphatic rings. The van der Waals surface area contributed by atoms with Crippen molar-refractivity contribution in [1.82, 2.24) is 20.5 Å². The van der Waals surface area contributed by atoms with Crippen LogP contribution in [0.25, 0.3) is 22.5 Å². The highest BCUT2D eigenvalue weighted by molar-refractivity contribution is 8.00. The molecular formula is C24H28N4O2S. The number of rotatable bonds is 9. The molecule has 1 atom stereocenters. The molecular weight excluding hydrogens is 408 g/mol. The first-order chi connectivity index (χ1) is 15.0. The molecule has 1 N–H and O–H groups in total. The Morgan fingerprint density at radius 2 is 1.55 bits per heavy atom. The number of carbonyl (C=O) groups excluding carboxylic acids is 1. The molecule has 0 saturated carbocycles. The quantitative estimate of drug-likeness (QED) is 0.394. The summed E-state index contributed by atoms with van der Waals surface area (Å²) < 4.78 is 5.00. The largest absolute Gasteiger partial charge is 0.383 e. The van der Waals surface area contributed by atoms with Gasteiger partial charge in [0.2, 0.25) is 11.1 Å². The number of carbonyl (C=O) groups is 1. The van der Waals surface area contributed by atoms with Crippen molar-refractivity contribution in [1.29, 1.82) is 0 Å². The Balaban J connectivity index is 1.94. The molecule has 0 unspecified atom stereocenters. The van der Waals surface area contributed by atoms with Crippen LogP contribution in [0.1, 0.15) is 24.5 Å². The number of benzene rings is 2. The summed E-state index contributed by atoms with van der Waals surface area (Å²) >= 11 is 1.34. The summed E-state index contributed by atoms with van der Waals surface area (Å²) in [6.07, 6.45) is 0.659. The topological polar surface area (TPSA) is 77.0 Å². The predicted octanol–water partition coefficient (Wildman–Crippen LogP) is 4.46. The van der Waals surface area contributed by atoms with Crippen molar-refractivity contribution in [2.75, 3.05) is 20.3 Å². The van der Waals surface area contributed by atoms with Crippen LogP contribution < -0.4 is 5.32 Å². The van der Waals surface area contributed by atoms with Gasteiger partial charge in [-0.1, -0.05) is 78.3 Å². The van der Waals surface area contributed by atoms with Crippen molar-refractivity contribution < 1.29 is 9.53 Å². The van der Waals surface area contributed by atoms with Crippen molar-refractivity contribution in [2.24, 2.45) is 0 Å². The number of nitrogens with one attached hydrogen (secondary N) is 1. The fourth-order valence-corrected chi connectivity index (χ4v) is 3.86. The molecule has 1 aromatic heterocycles. The summed E-state index contributed by atoms with van der Waals surface area (Å²) in [6, 6.07) is 16.4. The summed E-state index contributed by atoms with van der Waals surface area (Å²) in [6.45, 7) is 7.04. The minimum absolute atomic E-state index is 0.0485. The van der Waals surface area contributed by atoms with E-state index in [2.05, 4.69) is 53.6 Å². The number of amides is 1. The van der Waals surface area contributed by atoms with E-state index < -0.39 is 0 Å². The standard InChI is InChI=1S/C24H28N4O2S/c1-5-20(23(29)25-14-15-30-4)31-24-26-21(18-10-6-16(2)7-11-18)22(27-28-24)19-12-8-17(3)9-13-19/h6-13,20H,5,14-15H2,1-4H3,(H,25,29)/t20-/m0/s1. The summed E-state index contributed by atoms with van der Waals surface area (Å²) in [5.41, 5.74) is 5.77. The lowest BCUT2D eigenvalue weighted by molar-refractivity contribution is -0.120. The van der Waals surface area contributed by atoms with Crippen LogP contribution in [-0.4, -0.2) is 46.6 Å². The third-order valence-electron chi connectivity index (χ3n) is 4.83. The maximum atomic E-state index is 12.5. The van der Waals surface area contributed by atoms with Gasteiger partial charge in [-0.05, 0) is 20.3 Å². The number of nitrogens with zero attached hydrogens (tertiary/aromatic N) is 3. The fraction of sp³-hybridized carbons (Fsp3) is 0.333. The third-order valence-corrected chi connectivity index (χ3v) is 6.05. The average molecular weight is 437 g/mol. The Labute approximate surface area is 187 Å². The van der Waals surface area contributed by atoms with Crippen LogP contribution in [-0.2, 0) is 9.53 Å². The van der Waals surface area contributed by atoms with Crippen LogP contribution >= 0.6 is 11.8 Å².